The number of aromatic nitrogens is 1. The van der Waals surface area contributed by atoms with Crippen LogP contribution < -0.4 is 5.32 Å². The van der Waals surface area contributed by atoms with Crippen LogP contribution in [-0.4, -0.2) is 9.91 Å². The highest BCUT2D eigenvalue weighted by Gasteiger charge is 2.12. The average molecular weight is 257 g/mol. The van der Waals surface area contributed by atoms with Crippen molar-refractivity contribution >= 4 is 11.4 Å². The lowest BCUT2D eigenvalue weighted by molar-refractivity contribution is -0.385. The fourth-order valence-corrected chi connectivity index (χ4v) is 1.80. The Kier molecular flexibility index (Phi) is 3.75. The van der Waals surface area contributed by atoms with Gasteiger partial charge in [-0.25, -0.2) is 0 Å². The molecule has 1 aromatic carbocycles. The van der Waals surface area contributed by atoms with Gasteiger partial charge in [0.1, 0.15) is 0 Å². The summed E-state index contributed by atoms with van der Waals surface area (Å²) in [5.41, 5.74) is 3.53. The molecule has 19 heavy (non-hydrogen) atoms. The molecule has 5 heteroatoms. The van der Waals surface area contributed by atoms with Gasteiger partial charge in [0.05, 0.1) is 17.2 Å². The predicted octanol–water partition coefficient (Wildman–Crippen LogP) is 3.22. The summed E-state index contributed by atoms with van der Waals surface area (Å²) >= 11 is 0. The summed E-state index contributed by atoms with van der Waals surface area (Å²) in [4.78, 5) is 14.8. The van der Waals surface area contributed by atoms with Crippen LogP contribution in [0.25, 0.3) is 0 Å². The monoisotopic (exact) mass is 257 g/mol. The van der Waals surface area contributed by atoms with E-state index in [-0.39, 0.29) is 10.6 Å². The molecule has 1 heterocycles. The van der Waals surface area contributed by atoms with Crippen molar-refractivity contribution in [3.05, 3.63) is 63.5 Å². The summed E-state index contributed by atoms with van der Waals surface area (Å²) in [5.74, 6) is 0. The van der Waals surface area contributed by atoms with Gasteiger partial charge in [-0.2, -0.15) is 0 Å². The van der Waals surface area contributed by atoms with Gasteiger partial charge in [-0.3, -0.25) is 15.1 Å². The highest BCUT2D eigenvalue weighted by molar-refractivity contribution is 5.59. The van der Waals surface area contributed by atoms with E-state index in [1.165, 1.54) is 6.07 Å². The number of nitrogens with one attached hydrogen (secondary N) is 1. The van der Waals surface area contributed by atoms with Crippen LogP contribution in [0.5, 0.6) is 0 Å². The first-order valence-electron chi connectivity index (χ1n) is 5.97. The molecule has 0 aliphatic heterocycles. The van der Waals surface area contributed by atoms with E-state index in [1.807, 2.05) is 25.1 Å². The van der Waals surface area contributed by atoms with Crippen molar-refractivity contribution in [3.8, 4) is 0 Å². The number of nitro benzene ring substituents is 1. The molecule has 2 aromatic rings. The highest BCUT2D eigenvalue weighted by Crippen LogP contribution is 2.25. The second-order valence-electron chi connectivity index (χ2n) is 4.39. The van der Waals surface area contributed by atoms with Crippen molar-refractivity contribution in [1.29, 1.82) is 0 Å². The number of hydrogen-bond donors (Lipinski definition) is 1. The minimum Gasteiger partial charge on any atom is -0.379 e. The smallest absolute Gasteiger partial charge is 0.274 e. The van der Waals surface area contributed by atoms with E-state index in [2.05, 4.69) is 10.3 Å². The van der Waals surface area contributed by atoms with Gasteiger partial charge in [0.2, 0.25) is 0 Å². The van der Waals surface area contributed by atoms with E-state index in [1.54, 1.807) is 19.2 Å². The predicted molar refractivity (Wildman–Crippen MR) is 74.1 cm³/mol. The standard InChI is InChI=1S/C14H15N3O2/c1-10-6-7-12(15-8-10)9-16-13-4-3-5-14(11(13)2)17(18)19/h3-8,16H,9H2,1-2H3. The third-order valence-corrected chi connectivity index (χ3v) is 2.93. The van der Waals surface area contributed by atoms with Gasteiger partial charge in [0.25, 0.3) is 5.69 Å². The molecule has 0 unspecified atom stereocenters. The van der Waals surface area contributed by atoms with Crippen LogP contribution >= 0.6 is 0 Å². The van der Waals surface area contributed by atoms with Crippen LogP contribution in [0.15, 0.2) is 36.5 Å². The molecular formula is C14H15N3O2. The molecule has 0 amide bonds. The highest BCUT2D eigenvalue weighted by atomic mass is 16.6. The Labute approximate surface area is 111 Å². The normalized spacial score (nSPS) is 10.2. The number of hydrogen-bond acceptors (Lipinski definition) is 4. The number of nitro groups is 1. The number of aryl methyl sites for hydroxylation is 1. The third kappa shape index (κ3) is 3.07. The van der Waals surface area contributed by atoms with Crippen molar-refractivity contribution in [1.82, 2.24) is 4.98 Å². The Morgan fingerprint density at radius 3 is 2.68 bits per heavy atom. The summed E-state index contributed by atoms with van der Waals surface area (Å²) in [7, 11) is 0. The van der Waals surface area contributed by atoms with Gasteiger partial charge < -0.3 is 5.32 Å². The molecule has 0 aliphatic rings. The topological polar surface area (TPSA) is 68.1 Å². The van der Waals surface area contributed by atoms with Crippen LogP contribution in [0.4, 0.5) is 11.4 Å². The molecule has 0 fully saturated rings. The molecule has 5 nitrogen and oxygen atoms in total. The lowest BCUT2D eigenvalue weighted by atomic mass is 10.1. The lowest BCUT2D eigenvalue weighted by Crippen LogP contribution is -2.04. The number of rotatable bonds is 4. The second kappa shape index (κ2) is 5.48. The molecule has 0 bridgehead atoms. The van der Waals surface area contributed by atoms with Crippen LogP contribution in [-0.2, 0) is 6.54 Å². The Balaban J connectivity index is 2.13. The van der Waals surface area contributed by atoms with Crippen molar-refractivity contribution in [2.45, 2.75) is 20.4 Å². The zero-order valence-electron chi connectivity index (χ0n) is 10.9. The molecule has 98 valence electrons. The first kappa shape index (κ1) is 13.0. The third-order valence-electron chi connectivity index (χ3n) is 2.93. The molecule has 0 saturated heterocycles. The fraction of sp³-hybridized carbons (Fsp3) is 0.214. The quantitative estimate of drug-likeness (QED) is 0.674. The van der Waals surface area contributed by atoms with E-state index in [9.17, 15) is 10.1 Å². The number of pyridine rings is 1. The molecule has 1 N–H and O–H groups in total. The molecular weight excluding hydrogens is 242 g/mol. The maximum atomic E-state index is 10.9. The van der Waals surface area contributed by atoms with Crippen LogP contribution in [0.1, 0.15) is 16.8 Å². The Bertz CT molecular complexity index is 594. The molecule has 0 aliphatic carbocycles. The van der Waals surface area contributed by atoms with Gasteiger partial charge in [0.15, 0.2) is 0 Å². The largest absolute Gasteiger partial charge is 0.379 e. The SMILES string of the molecule is Cc1ccc(CNc2cccc([N+](=O)[O-])c2C)nc1. The van der Waals surface area contributed by atoms with Gasteiger partial charge >= 0.3 is 0 Å². The average Bonchev–Trinajstić information content (AvgIpc) is 2.39. The van der Waals surface area contributed by atoms with Crippen molar-refractivity contribution in [3.63, 3.8) is 0 Å². The second-order valence-corrected chi connectivity index (χ2v) is 4.39. The van der Waals surface area contributed by atoms with Gasteiger partial charge in [0, 0.05) is 23.5 Å². The van der Waals surface area contributed by atoms with Gasteiger partial charge in [-0.1, -0.05) is 12.1 Å². The van der Waals surface area contributed by atoms with Crippen LogP contribution in [0, 0.1) is 24.0 Å². The van der Waals surface area contributed by atoms with Gasteiger partial charge in [-0.05, 0) is 31.5 Å². The summed E-state index contributed by atoms with van der Waals surface area (Å²) < 4.78 is 0. The number of anilines is 1. The Morgan fingerprint density at radius 1 is 1.26 bits per heavy atom. The summed E-state index contributed by atoms with van der Waals surface area (Å²) in [6, 6.07) is 8.94. The molecule has 2 rings (SSSR count). The molecule has 0 radical (unpaired) electrons. The summed E-state index contributed by atoms with van der Waals surface area (Å²) in [5, 5.41) is 14.0. The molecule has 1 aromatic heterocycles. The summed E-state index contributed by atoms with van der Waals surface area (Å²) in [6.45, 7) is 4.26. The maximum absolute atomic E-state index is 10.9. The molecule has 0 saturated carbocycles. The zero-order valence-corrected chi connectivity index (χ0v) is 10.9. The van der Waals surface area contributed by atoms with E-state index >= 15 is 0 Å². The number of benzene rings is 1. The van der Waals surface area contributed by atoms with Crippen LogP contribution in [0.3, 0.4) is 0 Å². The lowest BCUT2D eigenvalue weighted by Gasteiger charge is -2.09. The zero-order chi connectivity index (χ0) is 13.8. The van der Waals surface area contributed by atoms with E-state index in [0.29, 0.717) is 12.1 Å². The molecule has 0 spiro atoms. The van der Waals surface area contributed by atoms with Crippen molar-refractivity contribution in [2.75, 3.05) is 5.32 Å². The van der Waals surface area contributed by atoms with Gasteiger partial charge in [-0.15, -0.1) is 0 Å². The first-order valence-corrected chi connectivity index (χ1v) is 5.97. The fourth-order valence-electron chi connectivity index (χ4n) is 1.80. The van der Waals surface area contributed by atoms with E-state index < -0.39 is 0 Å². The molecule has 0 atom stereocenters. The van der Waals surface area contributed by atoms with Crippen LogP contribution in [0.2, 0.25) is 0 Å². The Hall–Kier alpha value is -2.43. The minimum absolute atomic E-state index is 0.127. The first-order chi connectivity index (χ1) is 9.08. The van der Waals surface area contributed by atoms with E-state index in [4.69, 9.17) is 0 Å². The Morgan fingerprint density at radius 2 is 2.05 bits per heavy atom. The van der Waals surface area contributed by atoms with E-state index in [0.717, 1.165) is 16.9 Å². The van der Waals surface area contributed by atoms with Crippen molar-refractivity contribution < 1.29 is 4.92 Å². The minimum atomic E-state index is -0.370. The number of nitrogens with zero attached hydrogens (tertiary/aromatic N) is 2. The maximum Gasteiger partial charge on any atom is 0.274 e. The summed E-state index contributed by atoms with van der Waals surface area (Å²) in [6.07, 6.45) is 1.80. The van der Waals surface area contributed by atoms with Crippen molar-refractivity contribution in [2.24, 2.45) is 0 Å².